The molecule has 1 aliphatic heterocycles. The summed E-state index contributed by atoms with van der Waals surface area (Å²) >= 11 is 0. The first kappa shape index (κ1) is 25.4. The number of nitriles is 1. The van der Waals surface area contributed by atoms with E-state index in [1.165, 1.54) is 10.9 Å². The first-order valence-corrected chi connectivity index (χ1v) is 12.3. The van der Waals surface area contributed by atoms with E-state index in [0.717, 1.165) is 35.2 Å². The van der Waals surface area contributed by atoms with Gasteiger partial charge in [0.2, 0.25) is 5.43 Å². The summed E-state index contributed by atoms with van der Waals surface area (Å²) in [6.07, 6.45) is -3.51. The van der Waals surface area contributed by atoms with Gasteiger partial charge >= 0.3 is 6.18 Å². The van der Waals surface area contributed by atoms with Crippen molar-refractivity contribution in [1.82, 2.24) is 9.58 Å². The average Bonchev–Trinajstić information content (AvgIpc) is 3.05. The molecule has 5 rings (SSSR count). The average molecular weight is 523 g/mol. The smallest absolute Gasteiger partial charge is 0.408 e. The molecule has 0 saturated carbocycles. The Kier molecular flexibility index (Phi) is 6.39. The van der Waals surface area contributed by atoms with Crippen LogP contribution >= 0.6 is 0 Å². The van der Waals surface area contributed by atoms with E-state index in [1.807, 2.05) is 54.6 Å². The van der Waals surface area contributed by atoms with E-state index < -0.39 is 47.2 Å². The van der Waals surface area contributed by atoms with E-state index in [9.17, 15) is 33.1 Å². The van der Waals surface area contributed by atoms with Crippen molar-refractivity contribution < 1.29 is 23.1 Å². The number of pyridine rings is 1. The molecule has 1 aliphatic carbocycles. The summed E-state index contributed by atoms with van der Waals surface area (Å²) in [5, 5.41) is 21.7. The number of nitrogens with zero attached hydrogens (tertiary/aromatic N) is 4. The van der Waals surface area contributed by atoms with E-state index >= 15 is 0 Å². The van der Waals surface area contributed by atoms with Crippen molar-refractivity contribution in [3.8, 4) is 11.8 Å². The fourth-order valence-electron chi connectivity index (χ4n) is 5.57. The van der Waals surface area contributed by atoms with Crippen molar-refractivity contribution in [3.05, 3.63) is 99.0 Å². The van der Waals surface area contributed by atoms with Crippen molar-refractivity contribution in [2.75, 3.05) is 5.01 Å². The number of rotatable bonds is 4. The van der Waals surface area contributed by atoms with Gasteiger partial charge in [-0.3, -0.25) is 19.3 Å². The molecule has 10 heteroatoms. The molecule has 0 radical (unpaired) electrons. The van der Waals surface area contributed by atoms with Gasteiger partial charge in [0.1, 0.15) is 12.2 Å². The van der Waals surface area contributed by atoms with Crippen LogP contribution in [0.3, 0.4) is 0 Å². The molecular weight excluding hydrogens is 497 g/mol. The summed E-state index contributed by atoms with van der Waals surface area (Å²) < 4.78 is 43.8. The third-order valence-electron chi connectivity index (χ3n) is 7.40. The molecule has 2 heterocycles. The Morgan fingerprint density at radius 1 is 1.03 bits per heavy atom. The SMILES string of the molecule is CC(N1C(=O)c2c(O)c(=O)ccn2N(C2c3ccccc3CCc3ccccc32)C1CCC#N)C(F)(F)F. The summed E-state index contributed by atoms with van der Waals surface area (Å²) in [4.78, 5) is 26.7. The summed E-state index contributed by atoms with van der Waals surface area (Å²) in [5.74, 6) is -2.05. The van der Waals surface area contributed by atoms with Gasteiger partial charge in [0.15, 0.2) is 11.4 Å². The van der Waals surface area contributed by atoms with Crippen molar-refractivity contribution in [3.63, 3.8) is 0 Å². The molecule has 7 nitrogen and oxygen atoms in total. The Balaban J connectivity index is 1.85. The van der Waals surface area contributed by atoms with Crippen LogP contribution in [0.25, 0.3) is 0 Å². The summed E-state index contributed by atoms with van der Waals surface area (Å²) in [7, 11) is 0. The van der Waals surface area contributed by atoms with Crippen LogP contribution in [0.2, 0.25) is 0 Å². The van der Waals surface area contributed by atoms with E-state index in [1.54, 1.807) is 5.01 Å². The molecule has 2 aliphatic rings. The second-order valence-corrected chi connectivity index (χ2v) is 9.51. The van der Waals surface area contributed by atoms with Gasteiger partial charge in [-0.15, -0.1) is 0 Å². The van der Waals surface area contributed by atoms with Crippen LogP contribution < -0.4 is 10.4 Å². The molecular formula is C28H25F3N4O3. The first-order valence-electron chi connectivity index (χ1n) is 12.3. The Hall–Kier alpha value is -4.26. The molecule has 0 fully saturated rings. The van der Waals surface area contributed by atoms with Gasteiger partial charge in [-0.05, 0) is 42.0 Å². The lowest BCUT2D eigenvalue weighted by molar-refractivity contribution is -0.179. The summed E-state index contributed by atoms with van der Waals surface area (Å²) in [5.41, 5.74) is 2.23. The van der Waals surface area contributed by atoms with Crippen LogP contribution in [0.15, 0.2) is 65.6 Å². The minimum Gasteiger partial charge on any atom is -0.502 e. The Morgan fingerprint density at radius 3 is 2.16 bits per heavy atom. The zero-order valence-electron chi connectivity index (χ0n) is 20.5. The monoisotopic (exact) mass is 522 g/mol. The number of carbonyl (C=O) groups is 1. The molecule has 3 aromatic rings. The second-order valence-electron chi connectivity index (χ2n) is 9.51. The largest absolute Gasteiger partial charge is 0.502 e. The maximum Gasteiger partial charge on any atom is 0.408 e. The van der Waals surface area contributed by atoms with Gasteiger partial charge in [-0.2, -0.15) is 18.4 Å². The Morgan fingerprint density at radius 2 is 1.61 bits per heavy atom. The van der Waals surface area contributed by atoms with Crippen molar-refractivity contribution in [1.29, 1.82) is 5.26 Å². The third-order valence-corrected chi connectivity index (χ3v) is 7.40. The number of amides is 1. The lowest BCUT2D eigenvalue weighted by Gasteiger charge is -2.51. The molecule has 1 amide bonds. The summed E-state index contributed by atoms with van der Waals surface area (Å²) in [6.45, 7) is 0.873. The van der Waals surface area contributed by atoms with E-state index in [2.05, 4.69) is 0 Å². The zero-order valence-corrected chi connectivity index (χ0v) is 20.5. The lowest BCUT2D eigenvalue weighted by Crippen LogP contribution is -2.66. The Bertz CT molecular complexity index is 1450. The number of benzene rings is 2. The van der Waals surface area contributed by atoms with E-state index in [-0.39, 0.29) is 12.8 Å². The highest BCUT2D eigenvalue weighted by molar-refractivity contribution is 5.96. The van der Waals surface area contributed by atoms with Crippen molar-refractivity contribution in [2.45, 2.75) is 57.0 Å². The lowest BCUT2D eigenvalue weighted by atomic mass is 9.92. The second kappa shape index (κ2) is 9.56. The Labute approximate surface area is 216 Å². The number of carbonyl (C=O) groups excluding carboxylic acids is 1. The number of aryl methyl sites for hydroxylation is 2. The highest BCUT2D eigenvalue weighted by Crippen LogP contribution is 2.42. The van der Waals surface area contributed by atoms with Gasteiger partial charge in [0.25, 0.3) is 5.91 Å². The molecule has 2 aromatic carbocycles. The highest BCUT2D eigenvalue weighted by Gasteiger charge is 2.51. The predicted octanol–water partition coefficient (Wildman–Crippen LogP) is 4.42. The van der Waals surface area contributed by atoms with Crippen LogP contribution in [0, 0.1) is 11.3 Å². The van der Waals surface area contributed by atoms with Gasteiger partial charge in [-0.25, -0.2) is 0 Å². The zero-order chi connectivity index (χ0) is 27.2. The van der Waals surface area contributed by atoms with Gasteiger partial charge in [0, 0.05) is 25.1 Å². The van der Waals surface area contributed by atoms with Crippen LogP contribution in [0.4, 0.5) is 13.2 Å². The van der Waals surface area contributed by atoms with Gasteiger partial charge in [0.05, 0.1) is 12.1 Å². The predicted molar refractivity (Wildman–Crippen MR) is 133 cm³/mol. The maximum absolute atomic E-state index is 14.2. The molecule has 1 aromatic heterocycles. The molecule has 1 N–H and O–H groups in total. The number of alkyl halides is 3. The standard InChI is InChI=1S/C28H25F3N4O3/c1-17(28(29,30)31)34-23(11-6-15-32)35(33-16-14-22(36)26(37)25(33)27(34)38)24-20-9-4-2-7-18(20)12-13-19-8-3-5-10-21(19)24/h2-5,7-10,14,16-17,23-24,37H,6,11-13H2,1H3. The quantitative estimate of drug-likeness (QED) is 0.548. The highest BCUT2D eigenvalue weighted by atomic mass is 19.4. The molecule has 0 spiro atoms. The van der Waals surface area contributed by atoms with Gasteiger partial charge in [-0.1, -0.05) is 48.5 Å². The molecule has 0 saturated heterocycles. The fourth-order valence-corrected chi connectivity index (χ4v) is 5.57. The normalized spacial score (nSPS) is 18.2. The van der Waals surface area contributed by atoms with Crippen LogP contribution in [-0.2, 0) is 12.8 Å². The maximum atomic E-state index is 14.2. The number of aromatic nitrogens is 1. The molecule has 0 bridgehead atoms. The number of hydrogen-bond donors (Lipinski definition) is 1. The van der Waals surface area contributed by atoms with Crippen LogP contribution in [0.1, 0.15) is 58.5 Å². The van der Waals surface area contributed by atoms with Crippen molar-refractivity contribution >= 4 is 5.91 Å². The molecule has 2 atom stereocenters. The topological polar surface area (TPSA) is 89.6 Å². The van der Waals surface area contributed by atoms with Crippen molar-refractivity contribution in [2.24, 2.45) is 0 Å². The molecule has 196 valence electrons. The first-order chi connectivity index (χ1) is 18.1. The van der Waals surface area contributed by atoms with Crippen LogP contribution in [0.5, 0.6) is 5.75 Å². The van der Waals surface area contributed by atoms with E-state index in [0.29, 0.717) is 17.7 Å². The number of aromatic hydroxyl groups is 1. The number of hydrogen-bond acceptors (Lipinski definition) is 5. The molecule has 2 unspecified atom stereocenters. The summed E-state index contributed by atoms with van der Waals surface area (Å²) in [6, 6.07) is 15.4. The number of halogens is 3. The third kappa shape index (κ3) is 4.08. The van der Waals surface area contributed by atoms with E-state index in [4.69, 9.17) is 0 Å². The number of fused-ring (bicyclic) bond motifs is 3. The minimum atomic E-state index is -4.79. The minimum absolute atomic E-state index is 0.0875. The fraction of sp³-hybridized carbons (Fsp3) is 0.321. The van der Waals surface area contributed by atoms with Crippen LogP contribution in [-0.4, -0.2) is 39.0 Å². The van der Waals surface area contributed by atoms with Gasteiger partial charge < -0.3 is 10.0 Å². The molecule has 38 heavy (non-hydrogen) atoms.